The molecule has 1 aliphatic rings. The molecule has 3 heterocycles. The van der Waals surface area contributed by atoms with E-state index in [1.807, 2.05) is 13.2 Å². The molecule has 0 amide bonds. The number of nitrogens with zero attached hydrogens (tertiary/aromatic N) is 5. The fraction of sp³-hybridized carbons (Fsp3) is 0.615. The van der Waals surface area contributed by atoms with E-state index in [0.717, 1.165) is 36.5 Å². The Morgan fingerprint density at radius 2 is 2.37 bits per heavy atom. The van der Waals surface area contributed by atoms with Gasteiger partial charge in [-0.15, -0.1) is 0 Å². The summed E-state index contributed by atoms with van der Waals surface area (Å²) in [5, 5.41) is 8.80. The van der Waals surface area contributed by atoms with Crippen molar-refractivity contribution in [2.75, 3.05) is 24.5 Å². The van der Waals surface area contributed by atoms with E-state index in [4.69, 9.17) is 0 Å². The fourth-order valence-electron chi connectivity index (χ4n) is 2.86. The zero-order valence-corrected chi connectivity index (χ0v) is 11.5. The van der Waals surface area contributed by atoms with E-state index in [1.165, 1.54) is 12.8 Å². The average molecular weight is 260 g/mol. The Balaban J connectivity index is 2.00. The molecule has 0 saturated carbocycles. The molecule has 0 bridgehead atoms. The van der Waals surface area contributed by atoms with Gasteiger partial charge in [-0.3, -0.25) is 4.68 Å². The summed E-state index contributed by atoms with van der Waals surface area (Å²) in [5.74, 6) is 1.01. The average Bonchev–Trinajstić information content (AvgIpc) is 2.84. The molecule has 0 aliphatic carbocycles. The van der Waals surface area contributed by atoms with Crippen LogP contribution in [0.5, 0.6) is 0 Å². The molecule has 2 aromatic heterocycles. The molecular weight excluding hydrogens is 240 g/mol. The van der Waals surface area contributed by atoms with Crippen LogP contribution in [0, 0.1) is 0 Å². The summed E-state index contributed by atoms with van der Waals surface area (Å²) in [7, 11) is 1.91. The molecule has 1 saturated heterocycles. The van der Waals surface area contributed by atoms with E-state index in [0.29, 0.717) is 6.04 Å². The normalized spacial score (nSPS) is 19.8. The second kappa shape index (κ2) is 5.13. The lowest BCUT2D eigenvalue weighted by Gasteiger charge is -2.35. The van der Waals surface area contributed by atoms with E-state index in [1.54, 1.807) is 11.0 Å². The van der Waals surface area contributed by atoms with Crippen molar-refractivity contribution >= 4 is 16.9 Å². The van der Waals surface area contributed by atoms with Crippen LogP contribution in [0.2, 0.25) is 0 Å². The van der Waals surface area contributed by atoms with Crippen molar-refractivity contribution in [2.24, 2.45) is 7.05 Å². The first-order valence-corrected chi connectivity index (χ1v) is 6.91. The van der Waals surface area contributed by atoms with Gasteiger partial charge in [-0.25, -0.2) is 9.97 Å². The first kappa shape index (κ1) is 12.3. The van der Waals surface area contributed by atoms with E-state index in [-0.39, 0.29) is 0 Å². The summed E-state index contributed by atoms with van der Waals surface area (Å²) in [5.41, 5.74) is 0.896. The lowest BCUT2D eigenvalue weighted by atomic mass is 10.1. The van der Waals surface area contributed by atoms with Crippen LogP contribution in [0.1, 0.15) is 19.8 Å². The Labute approximate surface area is 112 Å². The Hall–Kier alpha value is -1.69. The van der Waals surface area contributed by atoms with Crippen LogP contribution in [0.25, 0.3) is 11.0 Å². The van der Waals surface area contributed by atoms with E-state index < -0.39 is 0 Å². The van der Waals surface area contributed by atoms with E-state index in [2.05, 4.69) is 32.2 Å². The number of nitrogens with one attached hydrogen (secondary N) is 1. The lowest BCUT2D eigenvalue weighted by molar-refractivity contribution is 0.434. The summed E-state index contributed by atoms with van der Waals surface area (Å²) < 4.78 is 1.80. The number of aromatic nitrogens is 4. The minimum atomic E-state index is 0.511. The second-order valence-corrected chi connectivity index (χ2v) is 4.99. The minimum Gasteiger partial charge on any atom is -0.352 e. The topological polar surface area (TPSA) is 58.9 Å². The molecule has 1 atom stereocenters. The summed E-state index contributed by atoms with van der Waals surface area (Å²) >= 11 is 0. The van der Waals surface area contributed by atoms with Gasteiger partial charge < -0.3 is 10.2 Å². The highest BCUT2D eigenvalue weighted by Gasteiger charge is 2.23. The van der Waals surface area contributed by atoms with Gasteiger partial charge in [-0.2, -0.15) is 5.10 Å². The van der Waals surface area contributed by atoms with Gasteiger partial charge >= 0.3 is 0 Å². The van der Waals surface area contributed by atoms with E-state index >= 15 is 0 Å². The van der Waals surface area contributed by atoms with Crippen LogP contribution >= 0.6 is 0 Å². The molecule has 1 fully saturated rings. The highest BCUT2D eigenvalue weighted by atomic mass is 15.3. The van der Waals surface area contributed by atoms with Crippen molar-refractivity contribution in [3.8, 4) is 0 Å². The minimum absolute atomic E-state index is 0.511. The van der Waals surface area contributed by atoms with Gasteiger partial charge in [0.05, 0.1) is 11.6 Å². The molecule has 102 valence electrons. The van der Waals surface area contributed by atoms with Crippen molar-refractivity contribution in [1.82, 2.24) is 25.1 Å². The molecule has 6 nitrogen and oxygen atoms in total. The predicted octanol–water partition coefficient (Wildman–Crippen LogP) is 0.942. The van der Waals surface area contributed by atoms with Gasteiger partial charge in [0, 0.05) is 26.2 Å². The SMILES string of the molecule is CCN(c1ncnc2c1cnn2C)C1CCCNC1. The Morgan fingerprint density at radius 3 is 3.11 bits per heavy atom. The summed E-state index contributed by atoms with van der Waals surface area (Å²) in [6.45, 7) is 5.28. The fourth-order valence-corrected chi connectivity index (χ4v) is 2.86. The quantitative estimate of drug-likeness (QED) is 0.890. The van der Waals surface area contributed by atoms with Crippen LogP contribution in [-0.2, 0) is 7.05 Å². The van der Waals surface area contributed by atoms with Crippen molar-refractivity contribution < 1.29 is 0 Å². The Morgan fingerprint density at radius 1 is 1.47 bits per heavy atom. The molecule has 1 unspecified atom stereocenters. The molecule has 1 N–H and O–H groups in total. The molecule has 2 aromatic rings. The number of rotatable bonds is 3. The number of hydrogen-bond acceptors (Lipinski definition) is 5. The maximum atomic E-state index is 4.50. The van der Waals surface area contributed by atoms with Gasteiger partial charge in [-0.05, 0) is 26.3 Å². The largest absolute Gasteiger partial charge is 0.352 e. The third kappa shape index (κ3) is 2.16. The summed E-state index contributed by atoms with van der Waals surface area (Å²) in [6.07, 6.45) is 5.94. The number of anilines is 1. The van der Waals surface area contributed by atoms with Gasteiger partial charge in [0.2, 0.25) is 0 Å². The second-order valence-electron chi connectivity index (χ2n) is 4.99. The van der Waals surface area contributed by atoms with Gasteiger partial charge in [0.25, 0.3) is 0 Å². The highest BCUT2D eigenvalue weighted by molar-refractivity contribution is 5.86. The zero-order valence-electron chi connectivity index (χ0n) is 11.5. The zero-order chi connectivity index (χ0) is 13.2. The highest BCUT2D eigenvalue weighted by Crippen LogP contribution is 2.25. The van der Waals surface area contributed by atoms with E-state index in [9.17, 15) is 0 Å². The molecule has 6 heteroatoms. The first-order valence-electron chi connectivity index (χ1n) is 6.91. The van der Waals surface area contributed by atoms with Crippen LogP contribution < -0.4 is 10.2 Å². The van der Waals surface area contributed by atoms with Crippen LogP contribution in [0.3, 0.4) is 0 Å². The number of likely N-dealkylation sites (N-methyl/N-ethyl adjacent to an activating group) is 1. The molecule has 0 radical (unpaired) electrons. The monoisotopic (exact) mass is 260 g/mol. The van der Waals surface area contributed by atoms with Crippen molar-refractivity contribution in [3.05, 3.63) is 12.5 Å². The summed E-state index contributed by atoms with van der Waals surface area (Å²) in [6, 6.07) is 0.511. The molecule has 3 rings (SSSR count). The summed E-state index contributed by atoms with van der Waals surface area (Å²) in [4.78, 5) is 11.2. The number of hydrogen-bond donors (Lipinski definition) is 1. The van der Waals surface area contributed by atoms with Crippen molar-refractivity contribution in [1.29, 1.82) is 0 Å². The Kier molecular flexibility index (Phi) is 3.33. The smallest absolute Gasteiger partial charge is 0.163 e. The Bertz CT molecular complexity index is 557. The number of fused-ring (bicyclic) bond motifs is 1. The van der Waals surface area contributed by atoms with Crippen LogP contribution in [0.4, 0.5) is 5.82 Å². The third-order valence-electron chi connectivity index (χ3n) is 3.83. The van der Waals surface area contributed by atoms with Crippen LogP contribution in [-0.4, -0.2) is 45.4 Å². The third-order valence-corrected chi connectivity index (χ3v) is 3.83. The maximum Gasteiger partial charge on any atom is 0.163 e. The van der Waals surface area contributed by atoms with Crippen molar-refractivity contribution in [2.45, 2.75) is 25.8 Å². The molecule has 0 aromatic carbocycles. The van der Waals surface area contributed by atoms with Gasteiger partial charge in [0.15, 0.2) is 5.65 Å². The molecule has 1 aliphatic heterocycles. The number of piperidine rings is 1. The first-order chi connectivity index (χ1) is 9.31. The predicted molar refractivity (Wildman–Crippen MR) is 75.2 cm³/mol. The van der Waals surface area contributed by atoms with Crippen LogP contribution in [0.15, 0.2) is 12.5 Å². The van der Waals surface area contributed by atoms with Crippen molar-refractivity contribution in [3.63, 3.8) is 0 Å². The van der Waals surface area contributed by atoms with Gasteiger partial charge in [0.1, 0.15) is 12.1 Å². The molecule has 0 spiro atoms. The standard InChI is InChI=1S/C13H20N6/c1-3-19(10-5-4-6-14-7-10)13-11-8-17-18(2)12(11)15-9-16-13/h8-10,14H,3-7H2,1-2H3. The molecule has 19 heavy (non-hydrogen) atoms. The maximum absolute atomic E-state index is 4.50. The molecular formula is C13H20N6. The number of aryl methyl sites for hydroxylation is 1. The lowest BCUT2D eigenvalue weighted by Crippen LogP contribution is -2.46. The van der Waals surface area contributed by atoms with Gasteiger partial charge in [-0.1, -0.05) is 0 Å².